The van der Waals surface area contributed by atoms with Crippen molar-refractivity contribution in [3.05, 3.63) is 258 Å². The Morgan fingerprint density at radius 2 is 1.24 bits per heavy atom. The van der Waals surface area contributed by atoms with Crippen molar-refractivity contribution in [1.29, 1.82) is 0 Å². The lowest BCUT2D eigenvalue weighted by Gasteiger charge is -2.36. The summed E-state index contributed by atoms with van der Waals surface area (Å²) >= 11 is 0. The van der Waals surface area contributed by atoms with E-state index in [1.54, 1.807) is 0 Å². The summed E-state index contributed by atoms with van der Waals surface area (Å²) in [5.41, 5.74) is 14.4. The van der Waals surface area contributed by atoms with Gasteiger partial charge in [0.25, 0.3) is 0 Å². The Kier molecular flexibility index (Phi) is 11.4. The predicted molar refractivity (Wildman–Crippen MR) is 283 cm³/mol. The maximum absolute atomic E-state index is 3.70. The topological polar surface area (TPSA) is 21.8 Å². The zero-order chi connectivity index (χ0) is 45.4. The number of hydrogen-bond donors (Lipinski definition) is 1. The van der Waals surface area contributed by atoms with E-state index in [1.165, 1.54) is 63.0 Å². The summed E-state index contributed by atoms with van der Waals surface area (Å²) in [6.07, 6.45) is 50.5. The van der Waals surface area contributed by atoms with Crippen molar-refractivity contribution in [1.82, 2.24) is 0 Å². The summed E-state index contributed by atoms with van der Waals surface area (Å²) in [6, 6.07) is 37.9. The van der Waals surface area contributed by atoms with Crippen LogP contribution >= 0.6 is 0 Å². The number of para-hydroxylation sites is 1. The van der Waals surface area contributed by atoms with Gasteiger partial charge in [0.2, 0.25) is 0 Å². The third-order valence-electron chi connectivity index (χ3n) is 14.6. The number of hydrogen-bond acceptors (Lipinski definition) is 4. The van der Waals surface area contributed by atoms with E-state index in [-0.39, 0.29) is 11.1 Å². The fraction of sp³-hybridized carbons (Fsp3) is 0.238. The minimum Gasteiger partial charge on any atom is -0.359 e. The van der Waals surface area contributed by atoms with Gasteiger partial charge in [-0.05, 0) is 166 Å². The van der Waals surface area contributed by atoms with Gasteiger partial charge in [-0.25, -0.2) is 0 Å². The molecule has 0 amide bonds. The highest BCUT2D eigenvalue weighted by atomic mass is 15.3. The van der Waals surface area contributed by atoms with Crippen molar-refractivity contribution in [2.75, 3.05) is 20.0 Å². The third kappa shape index (κ3) is 8.86. The second-order valence-electron chi connectivity index (χ2n) is 19.7. The monoisotopic (exact) mass is 874 g/mol. The van der Waals surface area contributed by atoms with Crippen molar-refractivity contribution in [3.8, 4) is 0 Å². The van der Waals surface area contributed by atoms with E-state index in [4.69, 9.17) is 0 Å². The first-order chi connectivity index (χ1) is 32.8. The Hall–Kier alpha value is -7.04. The predicted octanol–water partition coefficient (Wildman–Crippen LogP) is 15.6. The van der Waals surface area contributed by atoms with Gasteiger partial charge in [0.1, 0.15) is 0 Å². The first-order valence-electron chi connectivity index (χ1n) is 24.5. The minimum absolute atomic E-state index is 0.0488. The van der Waals surface area contributed by atoms with Gasteiger partial charge in [-0.1, -0.05) is 134 Å². The van der Waals surface area contributed by atoms with Crippen LogP contribution in [0.5, 0.6) is 0 Å². The lowest BCUT2D eigenvalue weighted by molar-refractivity contribution is 0.734. The molecular weight excluding hydrogens is 813 g/mol. The van der Waals surface area contributed by atoms with E-state index >= 15 is 0 Å². The van der Waals surface area contributed by atoms with Crippen LogP contribution in [-0.2, 0) is 0 Å². The molecular formula is C63H62N4. The van der Waals surface area contributed by atoms with Crippen LogP contribution in [-0.4, -0.2) is 11.1 Å². The molecule has 4 heteroatoms. The second kappa shape index (κ2) is 18.0. The Morgan fingerprint density at radius 1 is 0.552 bits per heavy atom. The van der Waals surface area contributed by atoms with E-state index in [0.29, 0.717) is 11.8 Å². The van der Waals surface area contributed by atoms with Crippen molar-refractivity contribution in [2.45, 2.75) is 70.4 Å². The number of anilines is 5. The summed E-state index contributed by atoms with van der Waals surface area (Å²) in [7, 11) is 0. The number of allylic oxidation sites excluding steroid dienone is 16. The molecule has 0 radical (unpaired) electrons. The van der Waals surface area contributed by atoms with E-state index in [0.717, 1.165) is 55.3 Å². The maximum Gasteiger partial charge on any atom is 0.0708 e. The minimum atomic E-state index is -0.122. The highest BCUT2D eigenvalue weighted by molar-refractivity contribution is 5.74. The highest BCUT2D eigenvalue weighted by Crippen LogP contribution is 2.58. The van der Waals surface area contributed by atoms with Crippen LogP contribution in [0.4, 0.5) is 28.4 Å². The molecule has 3 fully saturated rings. The molecule has 4 aromatic rings. The normalized spacial score (nSPS) is 26.5. The fourth-order valence-electron chi connectivity index (χ4n) is 10.9. The first kappa shape index (κ1) is 42.6. The number of rotatable bonds is 11. The number of fused-ring (bicyclic) bond motifs is 3. The summed E-state index contributed by atoms with van der Waals surface area (Å²) in [5.74, 6) is 2.73. The van der Waals surface area contributed by atoms with Gasteiger partial charge in [0, 0.05) is 69.5 Å². The highest BCUT2D eigenvalue weighted by Gasteiger charge is 2.58. The number of aryl methyl sites for hydroxylation is 2. The SMILES string of the molecule is C1=CC2CC2C=C1.CC1=CC=CCC(Nc2ccc(N(C3=CCC=C(N(c4cccc(C)c4)C45C=CCC=CC4C5)C=C3)C3=CC4CC4(N(c4ccccc4)c4cccc(C)c4)C=C3)cc2)=C1. The molecule has 0 spiro atoms. The van der Waals surface area contributed by atoms with Gasteiger partial charge >= 0.3 is 0 Å². The zero-order valence-corrected chi connectivity index (χ0v) is 39.2. The maximum atomic E-state index is 3.70. The average molecular weight is 875 g/mol. The standard InChI is InChI=1S/C56H54N4.C7H8/c1-41-15-9-10-19-47(35-41)57-46-26-28-49(29-27-46)58(52-32-34-56(40-45(56)38-52)59(50-20-7-4-8-21-50)53-24-12-16-42(2)36-53)48-22-14-23-51(31-30-48)60(54-25-13-17-43(3)37-54)55-33-11-5-6-18-44(55)39-55;1-2-4-7-5-6(7)3-1/h4,6-13,15-18,20-38,44-45,57H,5,14,19,39-40H2,1-3H3;1-4,6-7H,5H2. The van der Waals surface area contributed by atoms with Crippen LogP contribution in [0.2, 0.25) is 0 Å². The quantitative estimate of drug-likeness (QED) is 0.152. The Balaban J connectivity index is 0.000000641. The van der Waals surface area contributed by atoms with Gasteiger partial charge < -0.3 is 20.0 Å². The largest absolute Gasteiger partial charge is 0.359 e. The van der Waals surface area contributed by atoms with Crippen LogP contribution < -0.4 is 20.0 Å². The molecule has 1 N–H and O–H groups in total. The summed E-state index contributed by atoms with van der Waals surface area (Å²) in [4.78, 5) is 7.65. The third-order valence-corrected chi connectivity index (χ3v) is 14.6. The van der Waals surface area contributed by atoms with Crippen LogP contribution in [0.15, 0.2) is 247 Å². The molecule has 8 aliphatic carbocycles. The lowest BCUT2D eigenvalue weighted by atomic mass is 10.0. The van der Waals surface area contributed by atoms with Crippen LogP contribution in [0.1, 0.15) is 56.6 Å². The molecule has 6 unspecified atom stereocenters. The van der Waals surface area contributed by atoms with E-state index in [2.05, 4.69) is 259 Å². The summed E-state index contributed by atoms with van der Waals surface area (Å²) < 4.78 is 0. The molecule has 0 heterocycles. The molecule has 6 atom stereocenters. The van der Waals surface area contributed by atoms with Crippen LogP contribution in [0.3, 0.4) is 0 Å². The molecule has 334 valence electrons. The van der Waals surface area contributed by atoms with E-state index in [9.17, 15) is 0 Å². The molecule has 67 heavy (non-hydrogen) atoms. The van der Waals surface area contributed by atoms with Crippen molar-refractivity contribution in [3.63, 3.8) is 0 Å². The fourth-order valence-corrected chi connectivity index (χ4v) is 10.9. The van der Waals surface area contributed by atoms with Crippen LogP contribution in [0.25, 0.3) is 0 Å². The van der Waals surface area contributed by atoms with E-state index < -0.39 is 0 Å². The second-order valence-corrected chi connectivity index (χ2v) is 19.7. The number of benzene rings is 4. The molecule has 4 nitrogen and oxygen atoms in total. The molecule has 0 aromatic heterocycles. The smallest absolute Gasteiger partial charge is 0.0708 e. The van der Waals surface area contributed by atoms with Gasteiger partial charge in [0.05, 0.1) is 11.1 Å². The Labute approximate surface area is 398 Å². The average Bonchev–Trinajstić information content (AvgIpc) is 4.22. The van der Waals surface area contributed by atoms with E-state index in [1.807, 2.05) is 0 Å². The van der Waals surface area contributed by atoms with Crippen LogP contribution in [0, 0.1) is 37.5 Å². The van der Waals surface area contributed by atoms with Crippen molar-refractivity contribution >= 4 is 28.4 Å². The molecule has 8 aliphatic rings. The molecule has 12 rings (SSSR count). The first-order valence-corrected chi connectivity index (χ1v) is 24.5. The molecule has 3 saturated carbocycles. The van der Waals surface area contributed by atoms with Gasteiger partial charge in [-0.2, -0.15) is 0 Å². The summed E-state index contributed by atoms with van der Waals surface area (Å²) in [5, 5.41) is 3.70. The molecule has 0 aliphatic heterocycles. The van der Waals surface area contributed by atoms with Gasteiger partial charge in [-0.15, -0.1) is 0 Å². The van der Waals surface area contributed by atoms with Gasteiger partial charge in [-0.3, -0.25) is 0 Å². The van der Waals surface area contributed by atoms with Gasteiger partial charge in [0.15, 0.2) is 0 Å². The molecule has 0 saturated heterocycles. The summed E-state index contributed by atoms with van der Waals surface area (Å²) in [6.45, 7) is 6.54. The number of nitrogens with one attached hydrogen (secondary N) is 1. The van der Waals surface area contributed by atoms with Crippen molar-refractivity contribution in [2.24, 2.45) is 23.7 Å². The Bertz CT molecular complexity index is 2890. The molecule has 0 bridgehead atoms. The number of nitrogens with zero attached hydrogens (tertiary/aromatic N) is 3. The molecule has 4 aromatic carbocycles. The zero-order valence-electron chi connectivity index (χ0n) is 39.2. The Morgan fingerprint density at radius 3 is 1.97 bits per heavy atom. The van der Waals surface area contributed by atoms with Crippen molar-refractivity contribution < 1.29 is 0 Å². The lowest BCUT2D eigenvalue weighted by Crippen LogP contribution is -2.36.